The number of carbonyl (C=O) groups is 1. The van der Waals surface area contributed by atoms with E-state index >= 15 is 0 Å². The van der Waals surface area contributed by atoms with E-state index in [1.807, 2.05) is 0 Å². The zero-order valence-corrected chi connectivity index (χ0v) is 16.2. The monoisotopic (exact) mass is 428 g/mol. The van der Waals surface area contributed by atoms with Gasteiger partial charge in [-0.05, 0) is 36.4 Å². The van der Waals surface area contributed by atoms with Crippen LogP contribution in [-0.2, 0) is 25.0 Å². The molecule has 0 heterocycles. The molecule has 0 aromatic heterocycles. The Bertz CT molecular complexity index is 1160. The highest BCUT2D eigenvalue weighted by Crippen LogP contribution is 2.33. The second kappa shape index (κ2) is 8.02. The largest absolute Gasteiger partial charge is 0.388 e. The number of carbonyl (C=O) groups excluding carboxylic acids is 1. The van der Waals surface area contributed by atoms with Gasteiger partial charge >= 0.3 is 0 Å². The number of azo groups is 1. The fraction of sp³-hybridized carbons (Fsp3) is 0.133. The number of benzene rings is 2. The maximum absolute atomic E-state index is 11.5. The smallest absolute Gasteiger partial charge is 0.296 e. The van der Waals surface area contributed by atoms with E-state index in [-0.39, 0.29) is 11.4 Å². The lowest BCUT2D eigenvalue weighted by molar-refractivity contribution is -0.114. The number of amides is 1. The lowest BCUT2D eigenvalue weighted by atomic mass is 10.2. The molecule has 4 N–H and O–H groups in total. The van der Waals surface area contributed by atoms with Crippen molar-refractivity contribution in [2.75, 3.05) is 17.7 Å². The molecule has 2 aromatic rings. The maximum atomic E-state index is 11.5. The van der Waals surface area contributed by atoms with E-state index in [0.29, 0.717) is 5.69 Å². The molecule has 0 aliphatic carbocycles. The summed E-state index contributed by atoms with van der Waals surface area (Å²) >= 11 is 0. The van der Waals surface area contributed by atoms with Crippen LogP contribution in [0.25, 0.3) is 0 Å². The van der Waals surface area contributed by atoms with Crippen molar-refractivity contribution < 1.29 is 30.7 Å². The Morgan fingerprint density at radius 3 is 2.11 bits per heavy atom. The third-order valence-corrected chi connectivity index (χ3v) is 5.12. The maximum Gasteiger partial charge on any atom is 0.296 e. The summed E-state index contributed by atoms with van der Waals surface area (Å²) in [7, 11) is -7.74. The van der Waals surface area contributed by atoms with Crippen molar-refractivity contribution in [1.29, 1.82) is 0 Å². The summed E-state index contributed by atoms with van der Waals surface area (Å²) in [6.07, 6.45) is 0. The molecule has 0 atom stereocenters. The quantitative estimate of drug-likeness (QED) is 0.401. The molecule has 28 heavy (non-hydrogen) atoms. The van der Waals surface area contributed by atoms with Crippen LogP contribution in [0.4, 0.5) is 22.7 Å². The number of hydrogen-bond acceptors (Lipinski definition) is 8. The molecule has 2 aromatic carbocycles. The molecule has 0 saturated carbocycles. The number of nitrogens with one attached hydrogen (secondary N) is 2. The molecular formula is C15H16N4O7S2. The van der Waals surface area contributed by atoms with Crippen LogP contribution in [0.1, 0.15) is 6.92 Å². The van der Waals surface area contributed by atoms with Gasteiger partial charge in [-0.2, -0.15) is 16.8 Å². The molecule has 0 saturated heterocycles. The molecule has 11 nitrogen and oxygen atoms in total. The van der Waals surface area contributed by atoms with Crippen LogP contribution < -0.4 is 10.6 Å². The first kappa shape index (κ1) is 21.4. The molecule has 0 radical (unpaired) electrons. The predicted octanol–water partition coefficient (Wildman–Crippen LogP) is 2.60. The third kappa shape index (κ3) is 5.32. The number of hydrogen-bond donors (Lipinski definition) is 4. The summed E-state index contributed by atoms with van der Waals surface area (Å²) in [5.41, 5.74) is 0.508. The van der Waals surface area contributed by atoms with Gasteiger partial charge in [0.05, 0.1) is 10.6 Å². The highest BCUT2D eigenvalue weighted by Gasteiger charge is 2.20. The second-order valence-corrected chi connectivity index (χ2v) is 8.25. The minimum absolute atomic E-state index is 0.132. The van der Waals surface area contributed by atoms with Crippen LogP contribution in [0.15, 0.2) is 56.4 Å². The van der Waals surface area contributed by atoms with E-state index in [0.717, 1.165) is 18.2 Å². The number of rotatable bonds is 6. The minimum atomic E-state index is -4.75. The van der Waals surface area contributed by atoms with Gasteiger partial charge in [0.25, 0.3) is 20.2 Å². The Morgan fingerprint density at radius 2 is 1.57 bits per heavy atom. The summed E-state index contributed by atoms with van der Waals surface area (Å²) in [5, 5.41) is 12.9. The van der Waals surface area contributed by atoms with Gasteiger partial charge in [-0.1, -0.05) is 0 Å². The summed E-state index contributed by atoms with van der Waals surface area (Å²) in [6, 6.07) is 6.93. The Hall–Kier alpha value is -2.87. The van der Waals surface area contributed by atoms with Gasteiger partial charge in [0.1, 0.15) is 16.3 Å². The molecular weight excluding hydrogens is 412 g/mol. The van der Waals surface area contributed by atoms with Crippen molar-refractivity contribution in [3.63, 3.8) is 0 Å². The van der Waals surface area contributed by atoms with Crippen molar-refractivity contribution in [2.24, 2.45) is 10.2 Å². The third-order valence-electron chi connectivity index (χ3n) is 3.37. The van der Waals surface area contributed by atoms with Crippen molar-refractivity contribution >= 4 is 48.9 Å². The van der Waals surface area contributed by atoms with Gasteiger partial charge in [0.15, 0.2) is 0 Å². The molecule has 0 unspecified atom stereocenters. The first-order valence-electron chi connectivity index (χ1n) is 7.52. The van der Waals surface area contributed by atoms with Crippen molar-refractivity contribution in [2.45, 2.75) is 16.7 Å². The predicted molar refractivity (Wildman–Crippen MR) is 101 cm³/mol. The Labute approximate surface area is 161 Å². The molecule has 13 heteroatoms. The van der Waals surface area contributed by atoms with E-state index in [1.165, 1.54) is 13.0 Å². The Balaban J connectivity index is 2.61. The van der Waals surface area contributed by atoms with E-state index < -0.39 is 41.6 Å². The van der Waals surface area contributed by atoms with Crippen LogP contribution in [0, 0.1) is 0 Å². The van der Waals surface area contributed by atoms with Crippen LogP contribution in [0.5, 0.6) is 0 Å². The van der Waals surface area contributed by atoms with Gasteiger partial charge in [0, 0.05) is 19.7 Å². The minimum Gasteiger partial charge on any atom is -0.388 e. The molecule has 0 spiro atoms. The highest BCUT2D eigenvalue weighted by molar-refractivity contribution is 7.86. The number of anilines is 2. The summed E-state index contributed by atoms with van der Waals surface area (Å²) in [5.74, 6) is -0.392. The first-order chi connectivity index (χ1) is 12.9. The molecule has 150 valence electrons. The highest BCUT2D eigenvalue weighted by atomic mass is 32.2. The SMILES string of the molecule is CNc1ccc(N=Nc2cc(S(=O)(=O)O)ccc2S(=O)(=O)O)c(NC(C)=O)c1. The molecule has 0 fully saturated rings. The van der Waals surface area contributed by atoms with Crippen LogP contribution in [0.2, 0.25) is 0 Å². The summed E-state index contributed by atoms with van der Waals surface area (Å²) < 4.78 is 64.0. The van der Waals surface area contributed by atoms with E-state index in [4.69, 9.17) is 4.55 Å². The molecule has 0 bridgehead atoms. The topological polar surface area (TPSA) is 175 Å². The zero-order chi connectivity index (χ0) is 21.1. The Kier molecular flexibility index (Phi) is 6.14. The number of nitrogens with zero attached hydrogens (tertiary/aromatic N) is 2. The van der Waals surface area contributed by atoms with Gasteiger partial charge in [-0.15, -0.1) is 10.2 Å². The van der Waals surface area contributed by atoms with Crippen molar-refractivity contribution in [1.82, 2.24) is 0 Å². The fourth-order valence-electron chi connectivity index (χ4n) is 2.13. The van der Waals surface area contributed by atoms with Gasteiger partial charge in [0.2, 0.25) is 5.91 Å². The molecule has 1 amide bonds. The average molecular weight is 428 g/mol. The van der Waals surface area contributed by atoms with Crippen molar-refractivity contribution in [3.05, 3.63) is 36.4 Å². The summed E-state index contributed by atoms with van der Waals surface area (Å²) in [4.78, 5) is 10.0. The molecule has 2 rings (SSSR count). The van der Waals surface area contributed by atoms with Crippen LogP contribution >= 0.6 is 0 Å². The van der Waals surface area contributed by atoms with Gasteiger partial charge in [-0.3, -0.25) is 13.9 Å². The average Bonchev–Trinajstić information content (AvgIpc) is 2.58. The summed E-state index contributed by atoms with van der Waals surface area (Å²) in [6.45, 7) is 1.28. The lowest BCUT2D eigenvalue weighted by Gasteiger charge is -2.09. The Morgan fingerprint density at radius 1 is 0.929 bits per heavy atom. The van der Waals surface area contributed by atoms with Gasteiger partial charge < -0.3 is 10.6 Å². The molecule has 0 aliphatic heterocycles. The van der Waals surface area contributed by atoms with E-state index in [9.17, 15) is 26.2 Å². The fourth-order valence-corrected chi connectivity index (χ4v) is 3.23. The van der Waals surface area contributed by atoms with Crippen LogP contribution in [-0.4, -0.2) is 38.9 Å². The zero-order valence-electron chi connectivity index (χ0n) is 14.6. The van der Waals surface area contributed by atoms with Crippen molar-refractivity contribution in [3.8, 4) is 0 Å². The van der Waals surface area contributed by atoms with Crippen LogP contribution in [0.3, 0.4) is 0 Å². The molecule has 0 aliphatic rings. The second-order valence-electron chi connectivity index (χ2n) is 5.44. The van der Waals surface area contributed by atoms with E-state index in [2.05, 4.69) is 20.9 Å². The standard InChI is InChI=1S/C15H16N4O7S2/c1-9(20)17-13-7-10(16-2)3-5-12(13)18-19-14-8-11(27(21,22)23)4-6-15(14)28(24,25)26/h3-8,16H,1-2H3,(H,17,20)(H,21,22,23)(H,24,25,26). The first-order valence-corrected chi connectivity index (χ1v) is 10.4. The lowest BCUT2D eigenvalue weighted by Crippen LogP contribution is -2.06. The normalized spacial score (nSPS) is 12.1. The van der Waals surface area contributed by atoms with Gasteiger partial charge in [-0.25, -0.2) is 0 Å². The van der Waals surface area contributed by atoms with E-state index in [1.54, 1.807) is 19.2 Å².